The Morgan fingerprint density at radius 1 is 1.30 bits per heavy atom. The normalized spacial score (nSPS) is 26.1. The summed E-state index contributed by atoms with van der Waals surface area (Å²) in [5.41, 5.74) is 1.23. The molecule has 6 nitrogen and oxygen atoms in total. The molecule has 0 aliphatic carbocycles. The Balaban J connectivity index is 1.72. The third-order valence-electron chi connectivity index (χ3n) is 4.20. The van der Waals surface area contributed by atoms with Crippen LogP contribution in [0.15, 0.2) is 24.3 Å². The van der Waals surface area contributed by atoms with Gasteiger partial charge in [0, 0.05) is 30.5 Å². The van der Waals surface area contributed by atoms with Crippen molar-refractivity contribution in [1.29, 1.82) is 0 Å². The molecule has 23 heavy (non-hydrogen) atoms. The van der Waals surface area contributed by atoms with Gasteiger partial charge in [0.2, 0.25) is 17.7 Å². The highest BCUT2D eigenvalue weighted by atomic mass is 32.2. The molecule has 7 heteroatoms. The van der Waals surface area contributed by atoms with Crippen LogP contribution in [0.2, 0.25) is 0 Å². The summed E-state index contributed by atoms with van der Waals surface area (Å²) >= 11 is 1.66. The fourth-order valence-electron chi connectivity index (χ4n) is 3.12. The largest absolute Gasteiger partial charge is 0.326 e. The molecule has 0 saturated carbocycles. The van der Waals surface area contributed by atoms with Gasteiger partial charge in [-0.3, -0.25) is 14.4 Å². The lowest BCUT2D eigenvalue weighted by Crippen LogP contribution is -2.48. The molecule has 122 valence electrons. The van der Waals surface area contributed by atoms with Crippen molar-refractivity contribution in [2.45, 2.75) is 37.6 Å². The van der Waals surface area contributed by atoms with Crippen molar-refractivity contribution < 1.29 is 14.4 Å². The molecule has 2 aliphatic rings. The van der Waals surface area contributed by atoms with Crippen LogP contribution in [-0.2, 0) is 14.4 Å². The number of hydrogen-bond acceptors (Lipinski definition) is 4. The fourth-order valence-corrected chi connectivity index (χ4v) is 4.55. The van der Waals surface area contributed by atoms with Crippen molar-refractivity contribution >= 4 is 40.9 Å². The average Bonchev–Trinajstić information content (AvgIpc) is 2.96. The summed E-state index contributed by atoms with van der Waals surface area (Å²) in [5.74, 6) is 0.305. The highest BCUT2D eigenvalue weighted by Gasteiger charge is 2.52. The second-order valence-corrected chi connectivity index (χ2v) is 7.52. The van der Waals surface area contributed by atoms with Gasteiger partial charge in [-0.2, -0.15) is 0 Å². The lowest BCUT2D eigenvalue weighted by atomic mass is 10.2. The summed E-state index contributed by atoms with van der Waals surface area (Å²) in [4.78, 5) is 37.2. The van der Waals surface area contributed by atoms with Crippen LogP contribution < -0.4 is 10.6 Å². The summed E-state index contributed by atoms with van der Waals surface area (Å²) < 4.78 is 0. The van der Waals surface area contributed by atoms with Gasteiger partial charge in [0.05, 0.1) is 4.87 Å². The van der Waals surface area contributed by atoms with Crippen LogP contribution in [0.4, 0.5) is 11.4 Å². The molecule has 0 spiro atoms. The number of nitrogens with one attached hydrogen (secondary N) is 2. The van der Waals surface area contributed by atoms with Crippen molar-refractivity contribution in [3.8, 4) is 0 Å². The summed E-state index contributed by atoms with van der Waals surface area (Å²) in [7, 11) is 0. The Hall–Kier alpha value is -2.02. The van der Waals surface area contributed by atoms with E-state index in [1.807, 2.05) is 6.92 Å². The lowest BCUT2D eigenvalue weighted by Gasteiger charge is -2.29. The Morgan fingerprint density at radius 3 is 2.70 bits per heavy atom. The lowest BCUT2D eigenvalue weighted by molar-refractivity contribution is -0.135. The number of hydrogen-bond donors (Lipinski definition) is 2. The Labute approximate surface area is 139 Å². The topological polar surface area (TPSA) is 78.5 Å². The molecule has 1 aromatic carbocycles. The Morgan fingerprint density at radius 2 is 2.00 bits per heavy atom. The van der Waals surface area contributed by atoms with Gasteiger partial charge in [-0.1, -0.05) is 6.07 Å². The van der Waals surface area contributed by atoms with Gasteiger partial charge >= 0.3 is 0 Å². The number of rotatable bonds is 3. The summed E-state index contributed by atoms with van der Waals surface area (Å²) in [6, 6.07) is 6.53. The number of carbonyl (C=O) groups is 3. The van der Waals surface area contributed by atoms with Crippen molar-refractivity contribution in [3.05, 3.63) is 24.3 Å². The van der Waals surface area contributed by atoms with E-state index in [-0.39, 0.29) is 22.6 Å². The molecule has 2 fully saturated rings. The molecule has 0 aromatic heterocycles. The highest BCUT2D eigenvalue weighted by Crippen LogP contribution is 2.47. The molecule has 3 amide bonds. The number of thioether (sulfide) groups is 1. The van der Waals surface area contributed by atoms with Crippen LogP contribution in [0.3, 0.4) is 0 Å². The molecule has 2 aliphatic heterocycles. The predicted molar refractivity (Wildman–Crippen MR) is 90.1 cm³/mol. The van der Waals surface area contributed by atoms with E-state index >= 15 is 0 Å². The van der Waals surface area contributed by atoms with Crippen LogP contribution in [-0.4, -0.2) is 39.3 Å². The molecular weight excluding hydrogens is 314 g/mol. The zero-order valence-electron chi connectivity index (χ0n) is 13.1. The smallest absolute Gasteiger partial charge is 0.248 e. The first-order valence-corrected chi connectivity index (χ1v) is 8.52. The molecule has 2 saturated heterocycles. The molecule has 0 bridgehead atoms. The van der Waals surface area contributed by atoms with E-state index in [0.717, 1.165) is 6.42 Å². The first kappa shape index (κ1) is 15.9. The minimum absolute atomic E-state index is 0.0460. The predicted octanol–water partition coefficient (Wildman–Crippen LogP) is 2.04. The summed E-state index contributed by atoms with van der Waals surface area (Å²) in [6.07, 6.45) is 1.30. The maximum absolute atomic E-state index is 12.6. The minimum atomic E-state index is -0.440. The highest BCUT2D eigenvalue weighted by molar-refractivity contribution is 8.01. The van der Waals surface area contributed by atoms with Crippen molar-refractivity contribution in [2.24, 2.45) is 0 Å². The van der Waals surface area contributed by atoms with Gasteiger partial charge in [-0.25, -0.2) is 0 Å². The third-order valence-corrected chi connectivity index (χ3v) is 5.70. The van der Waals surface area contributed by atoms with Gasteiger partial charge in [-0.15, -0.1) is 11.8 Å². The van der Waals surface area contributed by atoms with Crippen molar-refractivity contribution in [2.75, 3.05) is 16.4 Å². The second-order valence-electron chi connectivity index (χ2n) is 6.02. The number of nitrogens with zero attached hydrogens (tertiary/aromatic N) is 1. The average molecular weight is 333 g/mol. The van der Waals surface area contributed by atoms with Crippen LogP contribution in [0.25, 0.3) is 0 Å². The van der Waals surface area contributed by atoms with Gasteiger partial charge in [-0.05, 0) is 31.5 Å². The van der Waals surface area contributed by atoms with Crippen LogP contribution in [0.5, 0.6) is 0 Å². The Bertz CT molecular complexity index is 678. The van der Waals surface area contributed by atoms with Gasteiger partial charge < -0.3 is 15.5 Å². The first-order chi connectivity index (χ1) is 10.9. The van der Waals surface area contributed by atoms with Crippen molar-refractivity contribution in [3.63, 3.8) is 0 Å². The molecule has 2 unspecified atom stereocenters. The molecule has 1 aromatic rings. The molecule has 0 radical (unpaired) electrons. The zero-order valence-corrected chi connectivity index (χ0v) is 13.9. The maximum atomic E-state index is 12.6. The van der Waals surface area contributed by atoms with Crippen LogP contribution in [0, 0.1) is 0 Å². The summed E-state index contributed by atoms with van der Waals surface area (Å²) in [5, 5.41) is 5.53. The van der Waals surface area contributed by atoms with Gasteiger partial charge in [0.1, 0.15) is 6.04 Å². The number of amides is 3. The van der Waals surface area contributed by atoms with E-state index in [1.165, 1.54) is 6.92 Å². The summed E-state index contributed by atoms with van der Waals surface area (Å²) in [6.45, 7) is 3.45. The monoisotopic (exact) mass is 333 g/mol. The quantitative estimate of drug-likeness (QED) is 0.887. The molecule has 2 atom stereocenters. The molecule has 2 N–H and O–H groups in total. The Kier molecular flexibility index (Phi) is 4.06. The van der Waals surface area contributed by atoms with E-state index in [9.17, 15) is 14.4 Å². The minimum Gasteiger partial charge on any atom is -0.326 e. The maximum Gasteiger partial charge on any atom is 0.248 e. The fraction of sp³-hybridized carbons (Fsp3) is 0.438. The first-order valence-electron chi connectivity index (χ1n) is 7.54. The van der Waals surface area contributed by atoms with Crippen molar-refractivity contribution in [1.82, 2.24) is 4.90 Å². The van der Waals surface area contributed by atoms with E-state index in [1.54, 1.807) is 40.9 Å². The standard InChI is InChI=1S/C16H19N3O3S/c1-10(20)17-11-4-3-5-12(8-11)18-15(22)13-9-23-16(2)7-6-14(21)19(13)16/h3-5,8,13H,6-7,9H2,1-2H3,(H,17,20)(H,18,22). The number of benzene rings is 1. The number of carbonyl (C=O) groups excluding carboxylic acids is 3. The molecule has 2 heterocycles. The zero-order chi connectivity index (χ0) is 16.6. The van der Waals surface area contributed by atoms with E-state index < -0.39 is 6.04 Å². The van der Waals surface area contributed by atoms with Crippen LogP contribution in [0.1, 0.15) is 26.7 Å². The van der Waals surface area contributed by atoms with Gasteiger partial charge in [0.15, 0.2) is 0 Å². The van der Waals surface area contributed by atoms with Gasteiger partial charge in [0.25, 0.3) is 0 Å². The molecular formula is C16H19N3O3S. The van der Waals surface area contributed by atoms with E-state index in [2.05, 4.69) is 10.6 Å². The van der Waals surface area contributed by atoms with Crippen LogP contribution >= 0.6 is 11.8 Å². The number of anilines is 2. The number of fused-ring (bicyclic) bond motifs is 1. The third kappa shape index (κ3) is 3.06. The van der Waals surface area contributed by atoms with E-state index in [0.29, 0.717) is 23.5 Å². The molecule has 3 rings (SSSR count). The second kappa shape index (κ2) is 5.88. The SMILES string of the molecule is CC(=O)Nc1cccc(NC(=O)C2CSC3(C)CCC(=O)N23)c1. The van der Waals surface area contributed by atoms with E-state index in [4.69, 9.17) is 0 Å².